The summed E-state index contributed by atoms with van der Waals surface area (Å²) in [4.78, 5) is 27.8. The maximum Gasteiger partial charge on any atom is 0.324 e. The molecular weight excluding hydrogens is 334 g/mol. The van der Waals surface area contributed by atoms with Crippen molar-refractivity contribution in [1.29, 1.82) is 5.41 Å². The summed E-state index contributed by atoms with van der Waals surface area (Å²) in [5.41, 5.74) is 2.02. The summed E-state index contributed by atoms with van der Waals surface area (Å²) in [6.45, 7) is 2.07. The molecule has 0 bridgehead atoms. The number of non-ortho nitro benzene ring substituents is 1. The molecular formula is C10H13N5O7S. The van der Waals surface area contributed by atoms with E-state index in [0.717, 1.165) is 12.2 Å². The molecule has 13 heteroatoms. The van der Waals surface area contributed by atoms with Crippen LogP contribution in [0.5, 0.6) is 5.75 Å². The van der Waals surface area contributed by atoms with Crippen molar-refractivity contribution in [3.8, 4) is 5.75 Å². The summed E-state index contributed by atoms with van der Waals surface area (Å²) < 4.78 is 0. The van der Waals surface area contributed by atoms with E-state index in [1.54, 1.807) is 0 Å². The van der Waals surface area contributed by atoms with Gasteiger partial charge in [0, 0.05) is 5.75 Å². The lowest BCUT2D eigenvalue weighted by atomic mass is 10.2. The molecule has 0 radical (unpaired) electrons. The quantitative estimate of drug-likeness (QED) is 0.308. The summed E-state index contributed by atoms with van der Waals surface area (Å²) in [5.74, 6) is -0.240. The van der Waals surface area contributed by atoms with Crippen LogP contribution in [0, 0.1) is 35.8 Å². The molecule has 0 aromatic heterocycles. The summed E-state index contributed by atoms with van der Waals surface area (Å²) in [6, 6.07) is 0.894. The van der Waals surface area contributed by atoms with Gasteiger partial charge in [-0.3, -0.25) is 35.8 Å². The highest BCUT2D eigenvalue weighted by molar-refractivity contribution is 8.13. The number of thioether (sulfide) groups is 1. The van der Waals surface area contributed by atoms with Crippen LogP contribution in [-0.2, 0) is 0 Å². The molecule has 126 valence electrons. The minimum absolute atomic E-state index is 0.224. The zero-order valence-electron chi connectivity index (χ0n) is 11.8. The second-order valence-corrected chi connectivity index (χ2v) is 4.95. The summed E-state index contributed by atoms with van der Waals surface area (Å²) in [7, 11) is 0. The van der Waals surface area contributed by atoms with Crippen molar-refractivity contribution in [3.63, 3.8) is 0 Å². The van der Waals surface area contributed by atoms with Gasteiger partial charge < -0.3 is 10.8 Å². The number of nitro benzene ring substituents is 3. The molecule has 0 fully saturated rings. The van der Waals surface area contributed by atoms with Crippen LogP contribution in [0.3, 0.4) is 0 Å². The van der Waals surface area contributed by atoms with Gasteiger partial charge in [-0.2, -0.15) is 0 Å². The van der Waals surface area contributed by atoms with Crippen LogP contribution in [-0.4, -0.2) is 30.8 Å². The van der Waals surface area contributed by atoms with E-state index in [-0.39, 0.29) is 5.17 Å². The van der Waals surface area contributed by atoms with Crippen LogP contribution in [0.25, 0.3) is 0 Å². The van der Waals surface area contributed by atoms with E-state index < -0.39 is 37.6 Å². The van der Waals surface area contributed by atoms with Gasteiger partial charge in [-0.25, -0.2) is 0 Å². The second-order valence-electron chi connectivity index (χ2n) is 3.82. The highest BCUT2D eigenvalue weighted by atomic mass is 32.2. The summed E-state index contributed by atoms with van der Waals surface area (Å²) >= 11 is 1.39. The van der Waals surface area contributed by atoms with Gasteiger partial charge in [0.25, 0.3) is 11.4 Å². The first-order chi connectivity index (χ1) is 10.6. The molecule has 0 aliphatic rings. The molecule has 0 heterocycles. The highest BCUT2D eigenvalue weighted by Gasteiger charge is 2.30. The zero-order valence-corrected chi connectivity index (χ0v) is 12.6. The van der Waals surface area contributed by atoms with E-state index in [2.05, 4.69) is 6.92 Å². The van der Waals surface area contributed by atoms with Crippen molar-refractivity contribution in [2.24, 2.45) is 5.73 Å². The number of phenols is 1. The first kappa shape index (κ1) is 20.0. The maximum absolute atomic E-state index is 10.4. The van der Waals surface area contributed by atoms with Crippen LogP contribution in [0.4, 0.5) is 17.1 Å². The number of amidine groups is 1. The van der Waals surface area contributed by atoms with Crippen LogP contribution < -0.4 is 5.73 Å². The van der Waals surface area contributed by atoms with Crippen molar-refractivity contribution in [1.82, 2.24) is 0 Å². The van der Waals surface area contributed by atoms with E-state index in [1.807, 2.05) is 0 Å². The predicted molar refractivity (Wildman–Crippen MR) is 82.7 cm³/mol. The fraction of sp³-hybridized carbons (Fsp3) is 0.300. The lowest BCUT2D eigenvalue weighted by Crippen LogP contribution is -2.03. The second kappa shape index (κ2) is 9.14. The lowest BCUT2D eigenvalue weighted by molar-refractivity contribution is -0.404. The molecule has 0 spiro atoms. The van der Waals surface area contributed by atoms with Gasteiger partial charge in [0.05, 0.1) is 26.9 Å². The van der Waals surface area contributed by atoms with Crippen molar-refractivity contribution in [2.45, 2.75) is 13.3 Å². The number of nitrogens with two attached hydrogens (primary N) is 1. The number of nitro groups is 3. The minimum Gasteiger partial charge on any atom is -0.497 e. The number of nitrogens with zero attached hydrogens (tertiary/aromatic N) is 3. The Morgan fingerprint density at radius 1 is 1.17 bits per heavy atom. The number of nitrogens with one attached hydrogen (secondary N) is 1. The molecule has 0 saturated heterocycles. The van der Waals surface area contributed by atoms with Gasteiger partial charge in [0.2, 0.25) is 0 Å². The average molecular weight is 347 g/mol. The van der Waals surface area contributed by atoms with Gasteiger partial charge in [-0.1, -0.05) is 18.7 Å². The van der Waals surface area contributed by atoms with Crippen LogP contribution in [0.1, 0.15) is 13.3 Å². The Bertz CT molecular complexity index is 601. The van der Waals surface area contributed by atoms with Crippen LogP contribution >= 0.6 is 11.8 Å². The van der Waals surface area contributed by atoms with E-state index in [9.17, 15) is 30.3 Å². The smallest absolute Gasteiger partial charge is 0.324 e. The number of phenolic OH excluding ortho intramolecular Hbond substituents is 1. The first-order valence-corrected chi connectivity index (χ1v) is 6.87. The van der Waals surface area contributed by atoms with Crippen molar-refractivity contribution < 1.29 is 19.9 Å². The van der Waals surface area contributed by atoms with Gasteiger partial charge in [0.15, 0.2) is 5.17 Å². The summed E-state index contributed by atoms with van der Waals surface area (Å²) in [5, 5.41) is 47.2. The number of hydrogen-bond donors (Lipinski definition) is 3. The van der Waals surface area contributed by atoms with Gasteiger partial charge in [-0.15, -0.1) is 0 Å². The molecule has 1 aromatic carbocycles. The van der Waals surface area contributed by atoms with Crippen LogP contribution in [0.2, 0.25) is 0 Å². The average Bonchev–Trinajstić information content (AvgIpc) is 2.44. The third-order valence-electron chi connectivity index (χ3n) is 2.12. The predicted octanol–water partition coefficient (Wildman–Crippen LogP) is 2.14. The molecule has 0 unspecified atom stereocenters. The monoisotopic (exact) mass is 347 g/mol. The molecule has 0 atom stereocenters. The van der Waals surface area contributed by atoms with Crippen molar-refractivity contribution >= 4 is 34.0 Å². The SMILES string of the molecule is CCCSC(=N)N.O=[N+]([O-])c1cc([N+](=O)[O-])c(O)c([N+](=O)[O-])c1. The topological polar surface area (TPSA) is 200 Å². The Kier molecular flexibility index (Phi) is 7.96. The lowest BCUT2D eigenvalue weighted by Gasteiger charge is -1.97. The number of benzene rings is 1. The minimum atomic E-state index is -1.21. The fourth-order valence-electron chi connectivity index (χ4n) is 1.19. The Balaban J connectivity index is 0.000000585. The molecule has 0 saturated carbocycles. The molecule has 0 aliphatic heterocycles. The normalized spacial score (nSPS) is 9.43. The summed E-state index contributed by atoms with van der Waals surface area (Å²) in [6.07, 6.45) is 1.09. The van der Waals surface area contributed by atoms with E-state index in [1.165, 1.54) is 11.8 Å². The molecule has 0 amide bonds. The van der Waals surface area contributed by atoms with E-state index in [4.69, 9.17) is 16.2 Å². The van der Waals surface area contributed by atoms with E-state index >= 15 is 0 Å². The Hall–Kier alpha value is -2.96. The van der Waals surface area contributed by atoms with Gasteiger partial charge >= 0.3 is 11.4 Å². The first-order valence-electron chi connectivity index (χ1n) is 5.88. The molecule has 12 nitrogen and oxygen atoms in total. The Labute approximate surface area is 133 Å². The number of hydrogen-bond acceptors (Lipinski definition) is 9. The molecule has 1 aromatic rings. The third kappa shape index (κ3) is 6.56. The van der Waals surface area contributed by atoms with Gasteiger partial charge in [0.1, 0.15) is 0 Å². The standard InChI is InChI=1S/C6H3N3O7.C4H10N2S/c10-6-4(8(13)14)1-3(7(11)12)2-5(6)9(15)16;1-2-3-7-4(5)6/h1-2,10H;2-3H2,1H3,(H3,5,6). The Morgan fingerprint density at radius 3 is 1.83 bits per heavy atom. The fourth-order valence-corrected chi connectivity index (χ4v) is 1.61. The maximum atomic E-state index is 10.4. The van der Waals surface area contributed by atoms with Gasteiger partial charge in [-0.05, 0) is 6.42 Å². The van der Waals surface area contributed by atoms with Crippen LogP contribution in [0.15, 0.2) is 12.1 Å². The molecule has 1 rings (SSSR count). The number of aromatic hydroxyl groups is 1. The highest BCUT2D eigenvalue weighted by Crippen LogP contribution is 2.38. The molecule has 4 N–H and O–H groups in total. The molecule has 0 aliphatic carbocycles. The number of rotatable bonds is 5. The van der Waals surface area contributed by atoms with Crippen molar-refractivity contribution in [3.05, 3.63) is 42.5 Å². The zero-order chi connectivity index (χ0) is 18.2. The largest absolute Gasteiger partial charge is 0.497 e. The third-order valence-corrected chi connectivity index (χ3v) is 3.04. The van der Waals surface area contributed by atoms with E-state index in [0.29, 0.717) is 12.1 Å². The van der Waals surface area contributed by atoms with Crippen molar-refractivity contribution in [2.75, 3.05) is 5.75 Å². The molecule has 23 heavy (non-hydrogen) atoms. The Morgan fingerprint density at radius 2 is 1.61 bits per heavy atom.